The van der Waals surface area contributed by atoms with Crippen molar-refractivity contribution in [1.82, 2.24) is 15.1 Å². The van der Waals surface area contributed by atoms with E-state index >= 15 is 0 Å². The van der Waals surface area contributed by atoms with Crippen LogP contribution in [0.3, 0.4) is 0 Å². The maximum Gasteiger partial charge on any atom is 0.0726 e. The molecule has 2 heterocycles. The molecule has 4 heteroatoms. The minimum absolute atomic E-state index is 0.0643. The fourth-order valence-corrected chi connectivity index (χ4v) is 2.54. The summed E-state index contributed by atoms with van der Waals surface area (Å²) in [4.78, 5) is 0. The summed E-state index contributed by atoms with van der Waals surface area (Å²) in [6, 6.07) is 10.2. The van der Waals surface area contributed by atoms with Crippen molar-refractivity contribution in [2.24, 2.45) is 0 Å². The molecular formula is C16H21N3O. The Morgan fingerprint density at radius 1 is 1.40 bits per heavy atom. The fraction of sp³-hybridized carbons (Fsp3) is 0.438. The first kappa shape index (κ1) is 13.3. The summed E-state index contributed by atoms with van der Waals surface area (Å²) >= 11 is 0. The summed E-state index contributed by atoms with van der Waals surface area (Å²) in [5.41, 5.74) is 2.34. The lowest BCUT2D eigenvalue weighted by molar-refractivity contribution is 0.0881. The highest BCUT2D eigenvalue weighted by molar-refractivity contribution is 5.30. The van der Waals surface area contributed by atoms with Gasteiger partial charge in [0.2, 0.25) is 0 Å². The standard InChI is InChI=1S/C16H21N3O/c1-13-16(2,8-9-20-13)17-10-14-11-18-19(12-14)15-6-4-3-5-7-15/h3-7,11-13,17H,8-10H2,1-2H3. The van der Waals surface area contributed by atoms with Crippen molar-refractivity contribution in [3.63, 3.8) is 0 Å². The SMILES string of the molecule is CC1OCCC1(C)NCc1cnn(-c2ccccc2)c1. The summed E-state index contributed by atoms with van der Waals surface area (Å²) in [5, 5.41) is 8.03. The molecule has 3 rings (SSSR count). The van der Waals surface area contributed by atoms with Crippen LogP contribution in [0.2, 0.25) is 0 Å². The predicted molar refractivity (Wildman–Crippen MR) is 78.8 cm³/mol. The molecule has 1 aliphatic heterocycles. The first-order valence-electron chi connectivity index (χ1n) is 7.13. The topological polar surface area (TPSA) is 39.1 Å². The van der Waals surface area contributed by atoms with E-state index in [0.29, 0.717) is 0 Å². The van der Waals surface area contributed by atoms with Crippen molar-refractivity contribution in [2.45, 2.75) is 38.5 Å². The second-order valence-corrected chi connectivity index (χ2v) is 5.66. The molecule has 2 unspecified atom stereocenters. The van der Waals surface area contributed by atoms with Gasteiger partial charge < -0.3 is 10.1 Å². The third-order valence-electron chi connectivity index (χ3n) is 4.24. The van der Waals surface area contributed by atoms with Crippen LogP contribution in [0.15, 0.2) is 42.7 Å². The highest BCUT2D eigenvalue weighted by Crippen LogP contribution is 2.25. The molecule has 0 radical (unpaired) electrons. The average Bonchev–Trinajstić information content (AvgIpc) is 3.06. The smallest absolute Gasteiger partial charge is 0.0726 e. The molecule has 1 aromatic heterocycles. The van der Waals surface area contributed by atoms with Crippen molar-refractivity contribution >= 4 is 0 Å². The number of nitrogens with one attached hydrogen (secondary N) is 1. The van der Waals surface area contributed by atoms with Gasteiger partial charge in [-0.1, -0.05) is 18.2 Å². The highest BCUT2D eigenvalue weighted by Gasteiger charge is 2.36. The van der Waals surface area contributed by atoms with Crippen LogP contribution in [0, 0.1) is 0 Å². The van der Waals surface area contributed by atoms with Crippen molar-refractivity contribution in [1.29, 1.82) is 0 Å². The molecule has 1 saturated heterocycles. The molecule has 1 fully saturated rings. The van der Waals surface area contributed by atoms with Crippen LogP contribution < -0.4 is 5.32 Å². The molecule has 20 heavy (non-hydrogen) atoms. The van der Waals surface area contributed by atoms with Gasteiger partial charge in [-0.05, 0) is 32.4 Å². The van der Waals surface area contributed by atoms with Gasteiger partial charge in [0.25, 0.3) is 0 Å². The van der Waals surface area contributed by atoms with Gasteiger partial charge in [-0.3, -0.25) is 0 Å². The summed E-state index contributed by atoms with van der Waals surface area (Å²) in [6.07, 6.45) is 5.31. The van der Waals surface area contributed by atoms with E-state index < -0.39 is 0 Å². The Labute approximate surface area is 119 Å². The lowest BCUT2D eigenvalue weighted by atomic mass is 9.94. The maximum absolute atomic E-state index is 5.65. The van der Waals surface area contributed by atoms with E-state index in [-0.39, 0.29) is 11.6 Å². The summed E-state index contributed by atoms with van der Waals surface area (Å²) < 4.78 is 7.56. The molecule has 106 valence electrons. The van der Waals surface area contributed by atoms with Crippen LogP contribution in [0.4, 0.5) is 0 Å². The van der Waals surface area contributed by atoms with Crippen LogP contribution in [-0.2, 0) is 11.3 Å². The van der Waals surface area contributed by atoms with E-state index in [0.717, 1.165) is 25.3 Å². The van der Waals surface area contributed by atoms with Crippen LogP contribution in [0.25, 0.3) is 5.69 Å². The first-order valence-corrected chi connectivity index (χ1v) is 7.13. The molecule has 2 aromatic rings. The molecule has 1 aromatic carbocycles. The van der Waals surface area contributed by atoms with E-state index in [1.165, 1.54) is 5.56 Å². The average molecular weight is 271 g/mol. The van der Waals surface area contributed by atoms with Crippen LogP contribution in [0.5, 0.6) is 0 Å². The van der Waals surface area contributed by atoms with Gasteiger partial charge >= 0.3 is 0 Å². The van der Waals surface area contributed by atoms with Crippen LogP contribution >= 0.6 is 0 Å². The van der Waals surface area contributed by atoms with Gasteiger partial charge in [0, 0.05) is 30.5 Å². The number of ether oxygens (including phenoxy) is 1. The van der Waals surface area contributed by atoms with Gasteiger partial charge in [0.15, 0.2) is 0 Å². The maximum atomic E-state index is 5.65. The molecule has 1 aliphatic rings. The van der Waals surface area contributed by atoms with Crippen molar-refractivity contribution < 1.29 is 4.74 Å². The summed E-state index contributed by atoms with van der Waals surface area (Å²) in [6.45, 7) is 6.02. The molecule has 0 spiro atoms. The van der Waals surface area contributed by atoms with Gasteiger partial charge in [-0.15, -0.1) is 0 Å². The lowest BCUT2D eigenvalue weighted by Gasteiger charge is -2.28. The second-order valence-electron chi connectivity index (χ2n) is 5.66. The zero-order chi connectivity index (χ0) is 14.0. The van der Waals surface area contributed by atoms with Crippen molar-refractivity contribution in [2.75, 3.05) is 6.61 Å². The number of para-hydroxylation sites is 1. The Hall–Kier alpha value is -1.65. The molecular weight excluding hydrogens is 250 g/mol. The predicted octanol–water partition coefficient (Wildman–Crippen LogP) is 2.53. The third-order valence-corrected chi connectivity index (χ3v) is 4.24. The molecule has 0 aliphatic carbocycles. The van der Waals surface area contributed by atoms with Crippen molar-refractivity contribution in [3.8, 4) is 5.69 Å². The van der Waals surface area contributed by atoms with E-state index in [9.17, 15) is 0 Å². The molecule has 4 nitrogen and oxygen atoms in total. The van der Waals surface area contributed by atoms with Crippen molar-refractivity contribution in [3.05, 3.63) is 48.3 Å². The van der Waals surface area contributed by atoms with Gasteiger partial charge in [-0.2, -0.15) is 5.10 Å². The summed E-state index contributed by atoms with van der Waals surface area (Å²) in [5.74, 6) is 0. The number of hydrogen-bond donors (Lipinski definition) is 1. The Morgan fingerprint density at radius 3 is 2.90 bits per heavy atom. The Morgan fingerprint density at radius 2 is 2.20 bits per heavy atom. The molecule has 0 bridgehead atoms. The minimum Gasteiger partial charge on any atom is -0.377 e. The largest absolute Gasteiger partial charge is 0.377 e. The molecule has 0 amide bonds. The van der Waals surface area contributed by atoms with E-state index in [1.54, 1.807) is 0 Å². The highest BCUT2D eigenvalue weighted by atomic mass is 16.5. The number of benzene rings is 1. The quantitative estimate of drug-likeness (QED) is 0.928. The zero-order valence-electron chi connectivity index (χ0n) is 12.0. The second kappa shape index (κ2) is 5.38. The van der Waals surface area contributed by atoms with E-state index in [1.807, 2.05) is 29.1 Å². The molecule has 1 N–H and O–H groups in total. The zero-order valence-corrected chi connectivity index (χ0v) is 12.0. The number of nitrogens with zero attached hydrogens (tertiary/aromatic N) is 2. The van der Waals surface area contributed by atoms with Crippen LogP contribution in [-0.4, -0.2) is 28.0 Å². The number of rotatable bonds is 4. The minimum atomic E-state index is 0.0643. The van der Waals surface area contributed by atoms with Gasteiger partial charge in [-0.25, -0.2) is 4.68 Å². The Bertz CT molecular complexity index is 566. The lowest BCUT2D eigenvalue weighted by Crippen LogP contribution is -2.47. The fourth-order valence-electron chi connectivity index (χ4n) is 2.54. The monoisotopic (exact) mass is 271 g/mol. The van der Waals surface area contributed by atoms with Gasteiger partial charge in [0.1, 0.15) is 0 Å². The Kier molecular flexibility index (Phi) is 3.59. The third kappa shape index (κ3) is 2.62. The van der Waals surface area contributed by atoms with E-state index in [2.05, 4.69) is 42.6 Å². The first-order chi connectivity index (χ1) is 9.67. The van der Waals surface area contributed by atoms with E-state index in [4.69, 9.17) is 4.74 Å². The molecule has 0 saturated carbocycles. The Balaban J connectivity index is 1.66. The number of hydrogen-bond acceptors (Lipinski definition) is 3. The summed E-state index contributed by atoms with van der Waals surface area (Å²) in [7, 11) is 0. The van der Waals surface area contributed by atoms with Crippen LogP contribution in [0.1, 0.15) is 25.8 Å². The molecule has 2 atom stereocenters. The normalized spacial score (nSPS) is 26.0. The number of aromatic nitrogens is 2. The van der Waals surface area contributed by atoms with Gasteiger partial charge in [0.05, 0.1) is 18.0 Å².